The van der Waals surface area contributed by atoms with Gasteiger partial charge in [-0.05, 0) is 56.2 Å². The Kier molecular flexibility index (Phi) is 3.90. The second-order valence-electron chi connectivity index (χ2n) is 5.95. The number of amides is 1. The van der Waals surface area contributed by atoms with Crippen LogP contribution >= 0.6 is 0 Å². The summed E-state index contributed by atoms with van der Waals surface area (Å²) in [5.41, 5.74) is 2.49. The highest BCUT2D eigenvalue weighted by Gasteiger charge is 2.25. The Morgan fingerprint density at radius 1 is 1.20 bits per heavy atom. The summed E-state index contributed by atoms with van der Waals surface area (Å²) >= 11 is 0. The van der Waals surface area contributed by atoms with Crippen LogP contribution < -0.4 is 4.90 Å². The minimum absolute atomic E-state index is 0.223. The van der Waals surface area contributed by atoms with E-state index in [1.165, 1.54) is 30.4 Å². The maximum atomic E-state index is 11.2. The van der Waals surface area contributed by atoms with E-state index in [0.717, 1.165) is 44.7 Å². The Morgan fingerprint density at radius 2 is 1.95 bits per heavy atom. The summed E-state index contributed by atoms with van der Waals surface area (Å²) in [6, 6.07) is 2.42. The molecule has 0 aromatic carbocycles. The van der Waals surface area contributed by atoms with Gasteiger partial charge in [-0.3, -0.25) is 4.79 Å². The highest BCUT2D eigenvalue weighted by Crippen LogP contribution is 2.32. The normalized spacial score (nSPS) is 23.1. The third-order valence-electron chi connectivity index (χ3n) is 4.61. The van der Waals surface area contributed by atoms with Crippen LogP contribution in [0.25, 0.3) is 0 Å². The molecule has 1 amide bonds. The van der Waals surface area contributed by atoms with E-state index in [0.29, 0.717) is 0 Å². The lowest BCUT2D eigenvalue weighted by Gasteiger charge is -2.34. The molecule has 0 N–H and O–H groups in total. The number of hydrogen-bond acceptors (Lipinski definition) is 3. The molecule has 3 heterocycles. The molecule has 0 unspecified atom stereocenters. The van der Waals surface area contributed by atoms with Gasteiger partial charge >= 0.3 is 0 Å². The van der Waals surface area contributed by atoms with Gasteiger partial charge in [-0.25, -0.2) is 4.98 Å². The van der Waals surface area contributed by atoms with E-state index < -0.39 is 0 Å². The number of aryl methyl sites for hydroxylation is 1. The van der Waals surface area contributed by atoms with Crippen LogP contribution in [0, 0.1) is 6.92 Å². The van der Waals surface area contributed by atoms with Crippen molar-refractivity contribution in [2.75, 3.05) is 24.5 Å². The van der Waals surface area contributed by atoms with E-state index in [9.17, 15) is 4.79 Å². The summed E-state index contributed by atoms with van der Waals surface area (Å²) in [5.74, 6) is 1.09. The molecule has 0 saturated carbocycles. The predicted molar refractivity (Wildman–Crippen MR) is 79.8 cm³/mol. The van der Waals surface area contributed by atoms with Gasteiger partial charge in [-0.2, -0.15) is 0 Å². The van der Waals surface area contributed by atoms with E-state index in [4.69, 9.17) is 0 Å². The van der Waals surface area contributed by atoms with Crippen LogP contribution in [-0.2, 0) is 4.79 Å². The lowest BCUT2D eigenvalue weighted by atomic mass is 9.94. The number of nitrogens with zero attached hydrogens (tertiary/aromatic N) is 3. The predicted octanol–water partition coefficient (Wildman–Crippen LogP) is 2.67. The minimum atomic E-state index is 0.223. The van der Waals surface area contributed by atoms with Gasteiger partial charge in [0.1, 0.15) is 5.82 Å². The zero-order chi connectivity index (χ0) is 13.9. The molecule has 1 aromatic heterocycles. The molecule has 2 saturated heterocycles. The molecule has 2 fully saturated rings. The molecular formula is C16H23N3O. The Labute approximate surface area is 120 Å². The molecule has 0 radical (unpaired) electrons. The van der Waals surface area contributed by atoms with Crippen molar-refractivity contribution in [2.45, 2.75) is 45.1 Å². The average Bonchev–Trinajstić information content (AvgIpc) is 3.01. The Hall–Kier alpha value is -1.58. The smallest absolute Gasteiger partial charge is 0.210 e. The van der Waals surface area contributed by atoms with Crippen molar-refractivity contribution < 1.29 is 4.79 Å². The topological polar surface area (TPSA) is 36.4 Å². The lowest BCUT2D eigenvalue weighted by molar-refractivity contribution is -0.121. The van der Waals surface area contributed by atoms with Gasteiger partial charge in [-0.1, -0.05) is 0 Å². The molecule has 3 rings (SSSR count). The molecular weight excluding hydrogens is 250 g/mol. The van der Waals surface area contributed by atoms with Gasteiger partial charge in [0.15, 0.2) is 0 Å². The maximum Gasteiger partial charge on any atom is 0.210 e. The molecule has 0 spiro atoms. The van der Waals surface area contributed by atoms with Gasteiger partial charge in [0.25, 0.3) is 0 Å². The van der Waals surface area contributed by atoms with Crippen LogP contribution in [0.2, 0.25) is 0 Å². The number of likely N-dealkylation sites (tertiary alicyclic amines) is 1. The summed E-state index contributed by atoms with van der Waals surface area (Å²) in [4.78, 5) is 20.2. The van der Waals surface area contributed by atoms with E-state index in [-0.39, 0.29) is 6.04 Å². The summed E-state index contributed by atoms with van der Waals surface area (Å²) in [6.45, 7) is 5.26. The molecule has 2 aliphatic rings. The zero-order valence-corrected chi connectivity index (χ0v) is 12.2. The van der Waals surface area contributed by atoms with Crippen molar-refractivity contribution in [3.8, 4) is 0 Å². The summed E-state index contributed by atoms with van der Waals surface area (Å²) in [5, 5.41) is 0. The third-order valence-corrected chi connectivity index (χ3v) is 4.61. The lowest BCUT2D eigenvalue weighted by Crippen LogP contribution is -2.32. The molecule has 2 aliphatic heterocycles. The fourth-order valence-corrected chi connectivity index (χ4v) is 3.43. The summed E-state index contributed by atoms with van der Waals surface area (Å²) in [7, 11) is 0. The van der Waals surface area contributed by atoms with Crippen molar-refractivity contribution in [1.29, 1.82) is 0 Å². The number of hydrogen-bond donors (Lipinski definition) is 0. The first-order valence-electron chi connectivity index (χ1n) is 7.72. The van der Waals surface area contributed by atoms with E-state index in [1.54, 1.807) is 0 Å². The number of rotatable bonds is 3. The molecule has 1 aromatic rings. The first-order valence-corrected chi connectivity index (χ1v) is 7.72. The molecule has 108 valence electrons. The number of aromatic nitrogens is 1. The fraction of sp³-hybridized carbons (Fsp3) is 0.625. The Morgan fingerprint density at radius 3 is 2.65 bits per heavy atom. The Bertz CT molecular complexity index is 483. The number of carbonyl (C=O) groups excluding carboxylic acids is 1. The monoisotopic (exact) mass is 273 g/mol. The van der Waals surface area contributed by atoms with Gasteiger partial charge in [0, 0.05) is 25.8 Å². The Balaban J connectivity index is 1.84. The van der Waals surface area contributed by atoms with Gasteiger partial charge in [0.2, 0.25) is 6.41 Å². The summed E-state index contributed by atoms with van der Waals surface area (Å²) < 4.78 is 0. The average molecular weight is 273 g/mol. The SMILES string of the molecule is Cc1cc(N2CCCC2)ncc1[C@H]1CCCCN1C=O. The quantitative estimate of drug-likeness (QED) is 0.794. The van der Waals surface area contributed by atoms with Crippen LogP contribution in [0.15, 0.2) is 12.3 Å². The number of anilines is 1. The molecule has 4 nitrogen and oxygen atoms in total. The van der Waals surface area contributed by atoms with E-state index in [2.05, 4.69) is 22.9 Å². The van der Waals surface area contributed by atoms with E-state index >= 15 is 0 Å². The first-order chi connectivity index (χ1) is 9.79. The molecule has 0 bridgehead atoms. The van der Waals surface area contributed by atoms with Crippen molar-refractivity contribution >= 4 is 12.2 Å². The molecule has 1 atom stereocenters. The first kappa shape index (κ1) is 13.4. The van der Waals surface area contributed by atoms with Gasteiger partial charge in [0.05, 0.1) is 6.04 Å². The van der Waals surface area contributed by atoms with E-state index in [1.807, 2.05) is 11.1 Å². The minimum Gasteiger partial charge on any atom is -0.357 e. The van der Waals surface area contributed by atoms with Crippen molar-refractivity contribution in [2.24, 2.45) is 0 Å². The van der Waals surface area contributed by atoms with Crippen LogP contribution in [0.4, 0.5) is 5.82 Å². The third kappa shape index (κ3) is 2.51. The largest absolute Gasteiger partial charge is 0.357 e. The second kappa shape index (κ2) is 5.81. The van der Waals surface area contributed by atoms with Crippen LogP contribution in [0.5, 0.6) is 0 Å². The van der Waals surface area contributed by atoms with Crippen LogP contribution in [0.3, 0.4) is 0 Å². The summed E-state index contributed by atoms with van der Waals surface area (Å²) in [6.07, 6.45) is 8.90. The molecule has 4 heteroatoms. The van der Waals surface area contributed by atoms with Crippen LogP contribution in [0.1, 0.15) is 49.3 Å². The fourth-order valence-electron chi connectivity index (χ4n) is 3.43. The number of carbonyl (C=O) groups is 1. The van der Waals surface area contributed by atoms with Crippen molar-refractivity contribution in [3.05, 3.63) is 23.4 Å². The maximum absolute atomic E-state index is 11.2. The highest BCUT2D eigenvalue weighted by molar-refractivity contribution is 5.51. The molecule has 20 heavy (non-hydrogen) atoms. The van der Waals surface area contributed by atoms with Gasteiger partial charge in [-0.15, -0.1) is 0 Å². The number of piperidine rings is 1. The van der Waals surface area contributed by atoms with Crippen molar-refractivity contribution in [3.63, 3.8) is 0 Å². The standard InChI is InChI=1S/C16H23N3O/c1-13-10-16(18-7-4-5-8-18)17-11-14(13)15-6-2-3-9-19(15)12-20/h10-12,15H,2-9H2,1H3/t15-/m1/s1. The number of pyridine rings is 1. The highest BCUT2D eigenvalue weighted by atomic mass is 16.1. The van der Waals surface area contributed by atoms with Gasteiger partial charge < -0.3 is 9.80 Å². The second-order valence-corrected chi connectivity index (χ2v) is 5.95. The molecule has 0 aliphatic carbocycles. The van der Waals surface area contributed by atoms with Crippen molar-refractivity contribution in [1.82, 2.24) is 9.88 Å². The van der Waals surface area contributed by atoms with Crippen LogP contribution in [-0.4, -0.2) is 35.9 Å². The zero-order valence-electron chi connectivity index (χ0n) is 12.2.